The van der Waals surface area contributed by atoms with Gasteiger partial charge in [0.05, 0.1) is 6.61 Å². The van der Waals surface area contributed by atoms with Crippen molar-refractivity contribution < 1.29 is 9.53 Å². The molecule has 0 saturated carbocycles. The first kappa shape index (κ1) is 10.8. The predicted octanol–water partition coefficient (Wildman–Crippen LogP) is 0.434. The fourth-order valence-corrected chi connectivity index (χ4v) is 0.755. The lowest BCUT2D eigenvalue weighted by atomic mass is 10.4. The summed E-state index contributed by atoms with van der Waals surface area (Å²) < 4.78 is 4.62. The van der Waals surface area contributed by atoms with E-state index in [4.69, 9.17) is 5.26 Å². The van der Waals surface area contributed by atoms with Gasteiger partial charge in [-0.25, -0.2) is 4.79 Å². The van der Waals surface area contributed by atoms with Gasteiger partial charge in [0.25, 0.3) is 0 Å². The van der Waals surface area contributed by atoms with Gasteiger partial charge in [-0.1, -0.05) is 0 Å². The van der Waals surface area contributed by atoms with Gasteiger partial charge in [0, 0.05) is 7.05 Å². The second-order valence-corrected chi connectivity index (χ2v) is 2.25. The molecule has 5 heteroatoms. The maximum atomic E-state index is 11.0. The highest BCUT2D eigenvalue weighted by molar-refractivity contribution is 7.85. The van der Waals surface area contributed by atoms with Crippen molar-refractivity contribution in [2.24, 2.45) is 0 Å². The SMILES string of the molecule is CCOC(=O)/C(S)=C(\C#N)NC. The normalized spacial score (nSPS) is 11.2. The van der Waals surface area contributed by atoms with Crippen LogP contribution in [0.1, 0.15) is 6.92 Å². The minimum absolute atomic E-state index is 0.00171. The lowest BCUT2D eigenvalue weighted by molar-refractivity contribution is -0.137. The molecule has 0 saturated heterocycles. The van der Waals surface area contributed by atoms with Gasteiger partial charge in [-0.3, -0.25) is 0 Å². The quantitative estimate of drug-likeness (QED) is 0.290. The van der Waals surface area contributed by atoms with Gasteiger partial charge >= 0.3 is 5.97 Å². The first-order chi connectivity index (χ1) is 5.67. The third-order valence-corrected chi connectivity index (χ3v) is 1.47. The van der Waals surface area contributed by atoms with E-state index in [2.05, 4.69) is 22.7 Å². The molecule has 0 aliphatic carbocycles. The number of nitrogens with zero attached hydrogens (tertiary/aromatic N) is 1. The second-order valence-electron chi connectivity index (χ2n) is 1.81. The predicted molar refractivity (Wildman–Crippen MR) is 47.3 cm³/mol. The fourth-order valence-electron chi connectivity index (χ4n) is 0.529. The molecule has 0 aromatic carbocycles. The summed E-state index contributed by atoms with van der Waals surface area (Å²) in [6, 6.07) is 1.78. The number of carbonyl (C=O) groups is 1. The van der Waals surface area contributed by atoms with Crippen LogP contribution in [-0.4, -0.2) is 19.6 Å². The highest BCUT2D eigenvalue weighted by atomic mass is 32.1. The highest BCUT2D eigenvalue weighted by Gasteiger charge is 2.10. The molecule has 0 aliphatic rings. The molecule has 0 spiro atoms. The average Bonchev–Trinajstić information content (AvgIpc) is 2.07. The lowest BCUT2D eigenvalue weighted by Crippen LogP contribution is -2.12. The molecule has 0 atom stereocenters. The fraction of sp³-hybridized carbons (Fsp3) is 0.429. The number of thiol groups is 1. The van der Waals surface area contributed by atoms with E-state index in [1.807, 2.05) is 0 Å². The van der Waals surface area contributed by atoms with Gasteiger partial charge in [0.15, 0.2) is 0 Å². The zero-order chi connectivity index (χ0) is 9.56. The van der Waals surface area contributed by atoms with Gasteiger partial charge < -0.3 is 10.1 Å². The topological polar surface area (TPSA) is 62.1 Å². The number of nitriles is 1. The van der Waals surface area contributed by atoms with Crippen molar-refractivity contribution in [3.05, 3.63) is 10.6 Å². The standard InChI is InChI=1S/C7H10N2O2S/c1-3-11-7(10)6(12)5(4-8)9-2/h9,12H,3H2,1-2H3/b6-5-. The van der Waals surface area contributed by atoms with Crippen LogP contribution < -0.4 is 5.32 Å². The van der Waals surface area contributed by atoms with Crippen LogP contribution in [0, 0.1) is 11.3 Å². The van der Waals surface area contributed by atoms with Crippen molar-refractivity contribution in [2.45, 2.75) is 6.92 Å². The molecule has 0 aliphatic heterocycles. The van der Waals surface area contributed by atoms with E-state index < -0.39 is 5.97 Å². The van der Waals surface area contributed by atoms with Crippen molar-refractivity contribution in [2.75, 3.05) is 13.7 Å². The number of hydrogen-bond donors (Lipinski definition) is 2. The van der Waals surface area contributed by atoms with Crippen LogP contribution in [0.2, 0.25) is 0 Å². The van der Waals surface area contributed by atoms with Gasteiger partial charge in [0.2, 0.25) is 0 Å². The van der Waals surface area contributed by atoms with Crippen molar-refractivity contribution in [1.82, 2.24) is 5.32 Å². The van der Waals surface area contributed by atoms with Gasteiger partial charge in [-0.05, 0) is 6.92 Å². The number of allylic oxidation sites excluding steroid dienone is 1. The van der Waals surface area contributed by atoms with E-state index in [1.54, 1.807) is 13.0 Å². The van der Waals surface area contributed by atoms with Gasteiger partial charge in [-0.2, -0.15) is 5.26 Å². The van der Waals surface area contributed by atoms with Crippen molar-refractivity contribution in [3.8, 4) is 6.07 Å². The summed E-state index contributed by atoms with van der Waals surface area (Å²) in [4.78, 5) is 11.0. The summed E-state index contributed by atoms with van der Waals surface area (Å²) in [5, 5.41) is 11.0. The zero-order valence-corrected chi connectivity index (χ0v) is 7.81. The summed E-state index contributed by atoms with van der Waals surface area (Å²) in [6.45, 7) is 1.95. The van der Waals surface area contributed by atoms with Gasteiger partial charge in [0.1, 0.15) is 16.7 Å². The van der Waals surface area contributed by atoms with E-state index in [0.717, 1.165) is 0 Å². The van der Waals surface area contributed by atoms with Crippen LogP contribution in [0.15, 0.2) is 10.6 Å². The van der Waals surface area contributed by atoms with Crippen molar-refractivity contribution >= 4 is 18.6 Å². The number of rotatable bonds is 3. The van der Waals surface area contributed by atoms with Crippen molar-refractivity contribution in [3.63, 3.8) is 0 Å². The summed E-state index contributed by atoms with van der Waals surface area (Å²) >= 11 is 3.83. The highest BCUT2D eigenvalue weighted by Crippen LogP contribution is 2.07. The molecule has 0 heterocycles. The molecule has 0 unspecified atom stereocenters. The van der Waals surface area contributed by atoms with E-state index in [9.17, 15) is 4.79 Å². The number of ether oxygens (including phenoxy) is 1. The Labute approximate surface area is 76.6 Å². The molecular weight excluding hydrogens is 176 g/mol. The molecular formula is C7H10N2O2S. The van der Waals surface area contributed by atoms with Crippen LogP contribution in [0.5, 0.6) is 0 Å². The van der Waals surface area contributed by atoms with Crippen LogP contribution in [0.3, 0.4) is 0 Å². The summed E-state index contributed by atoms with van der Waals surface area (Å²) in [5.74, 6) is -0.591. The second kappa shape index (κ2) is 5.49. The van der Waals surface area contributed by atoms with Crippen LogP contribution >= 0.6 is 12.6 Å². The Kier molecular flexibility index (Phi) is 4.97. The molecule has 0 fully saturated rings. The minimum Gasteiger partial charge on any atom is -0.462 e. The number of carbonyl (C=O) groups excluding carboxylic acids is 1. The Balaban J connectivity index is 4.54. The van der Waals surface area contributed by atoms with E-state index >= 15 is 0 Å². The van der Waals surface area contributed by atoms with Crippen LogP contribution in [0.4, 0.5) is 0 Å². The number of hydrogen-bond acceptors (Lipinski definition) is 5. The van der Waals surface area contributed by atoms with Crippen LogP contribution in [-0.2, 0) is 9.53 Å². The molecule has 0 bridgehead atoms. The zero-order valence-electron chi connectivity index (χ0n) is 6.92. The van der Waals surface area contributed by atoms with E-state index in [0.29, 0.717) is 0 Å². The largest absolute Gasteiger partial charge is 0.462 e. The van der Waals surface area contributed by atoms with Crippen molar-refractivity contribution in [1.29, 1.82) is 5.26 Å². The third kappa shape index (κ3) is 2.84. The molecule has 4 nitrogen and oxygen atoms in total. The molecule has 66 valence electrons. The maximum Gasteiger partial charge on any atom is 0.347 e. The Bertz CT molecular complexity index is 242. The van der Waals surface area contributed by atoms with Crippen LogP contribution in [0.25, 0.3) is 0 Å². The molecule has 0 aromatic rings. The third-order valence-electron chi connectivity index (χ3n) is 1.07. The smallest absolute Gasteiger partial charge is 0.347 e. The van der Waals surface area contributed by atoms with Gasteiger partial charge in [-0.15, -0.1) is 12.6 Å². The summed E-state index contributed by atoms with van der Waals surface area (Å²) in [7, 11) is 1.54. The summed E-state index contributed by atoms with van der Waals surface area (Å²) in [6.07, 6.45) is 0. The first-order valence-corrected chi connectivity index (χ1v) is 3.80. The Hall–Kier alpha value is -1.15. The number of esters is 1. The molecule has 0 amide bonds. The lowest BCUT2D eigenvalue weighted by Gasteiger charge is -2.02. The molecule has 1 N–H and O–H groups in total. The van der Waals surface area contributed by atoms with E-state index in [1.165, 1.54) is 7.05 Å². The Morgan fingerprint density at radius 2 is 2.33 bits per heavy atom. The average molecular weight is 186 g/mol. The molecule has 0 aromatic heterocycles. The summed E-state index contributed by atoms with van der Waals surface area (Å²) in [5.41, 5.74) is 0.108. The maximum absolute atomic E-state index is 11.0. The van der Waals surface area contributed by atoms with E-state index in [-0.39, 0.29) is 17.2 Å². The minimum atomic E-state index is -0.591. The Morgan fingerprint density at radius 1 is 1.75 bits per heavy atom. The molecule has 12 heavy (non-hydrogen) atoms. The molecule has 0 radical (unpaired) electrons. The Morgan fingerprint density at radius 3 is 2.67 bits per heavy atom. The molecule has 0 rings (SSSR count). The first-order valence-electron chi connectivity index (χ1n) is 3.35. The number of nitrogens with one attached hydrogen (secondary N) is 1. The monoisotopic (exact) mass is 186 g/mol.